The molecule has 19 heavy (non-hydrogen) atoms. The third-order valence-electron chi connectivity index (χ3n) is 2.53. The van der Waals surface area contributed by atoms with Gasteiger partial charge in [0.05, 0.1) is 0 Å². The lowest BCUT2D eigenvalue weighted by Crippen LogP contribution is -2.38. The molecule has 1 rings (SSSR count). The molecule has 1 heterocycles. The maximum Gasteiger partial charge on any atom is 0.415 e. The molecule has 0 bridgehead atoms. The molecule has 9 heteroatoms. The summed E-state index contributed by atoms with van der Waals surface area (Å²) in [5, 5.41) is 8.81. The van der Waals surface area contributed by atoms with Crippen LogP contribution in [-0.4, -0.2) is 32.3 Å². The van der Waals surface area contributed by atoms with Crippen LogP contribution in [0.2, 0.25) is 0 Å². The Labute approximate surface area is 110 Å². The first-order valence-electron chi connectivity index (χ1n) is 5.23. The number of hydrogen-bond donors (Lipinski definition) is 1. The first-order valence-corrected chi connectivity index (χ1v) is 6.38. The van der Waals surface area contributed by atoms with Gasteiger partial charge in [-0.05, 0) is 0 Å². The van der Waals surface area contributed by atoms with Gasteiger partial charge in [-0.15, -0.1) is 0 Å². The SMILES string of the molecule is Cn1c(CSCC(O)C(F)(F)F)cc(=O)n(C)c1=O. The van der Waals surface area contributed by atoms with Gasteiger partial charge in [0.1, 0.15) is 0 Å². The molecule has 108 valence electrons. The molecule has 0 aliphatic heterocycles. The molecule has 1 atom stereocenters. The molecule has 1 unspecified atom stereocenters. The zero-order chi connectivity index (χ0) is 14.8. The van der Waals surface area contributed by atoms with Crippen LogP contribution in [0, 0.1) is 0 Å². The van der Waals surface area contributed by atoms with Gasteiger partial charge in [-0.3, -0.25) is 13.9 Å². The Morgan fingerprint density at radius 3 is 2.42 bits per heavy atom. The number of hydrogen-bond acceptors (Lipinski definition) is 4. The number of nitrogens with zero attached hydrogens (tertiary/aromatic N) is 2. The zero-order valence-electron chi connectivity index (χ0n) is 10.3. The van der Waals surface area contributed by atoms with Gasteiger partial charge >= 0.3 is 11.9 Å². The van der Waals surface area contributed by atoms with Crippen LogP contribution in [0.1, 0.15) is 5.69 Å². The highest BCUT2D eigenvalue weighted by atomic mass is 32.2. The van der Waals surface area contributed by atoms with E-state index in [0.29, 0.717) is 5.69 Å². The van der Waals surface area contributed by atoms with Crippen molar-refractivity contribution in [3.05, 3.63) is 32.6 Å². The Bertz CT molecular complexity index is 565. The molecule has 0 radical (unpaired) electrons. The highest BCUT2D eigenvalue weighted by Gasteiger charge is 2.37. The molecule has 1 aromatic rings. The van der Waals surface area contributed by atoms with Crippen molar-refractivity contribution in [3.8, 4) is 0 Å². The van der Waals surface area contributed by atoms with Crippen molar-refractivity contribution in [1.82, 2.24) is 9.13 Å². The van der Waals surface area contributed by atoms with E-state index in [1.54, 1.807) is 0 Å². The highest BCUT2D eigenvalue weighted by Crippen LogP contribution is 2.23. The minimum atomic E-state index is -4.66. The fraction of sp³-hybridized carbons (Fsp3) is 0.600. The Kier molecular flexibility index (Phi) is 4.86. The largest absolute Gasteiger partial charge is 0.415 e. The van der Waals surface area contributed by atoms with E-state index in [-0.39, 0.29) is 5.75 Å². The van der Waals surface area contributed by atoms with Gasteiger partial charge in [-0.1, -0.05) is 0 Å². The molecule has 0 aliphatic rings. The monoisotopic (exact) mass is 298 g/mol. The number of aliphatic hydroxyl groups is 1. The van der Waals surface area contributed by atoms with E-state index in [1.165, 1.54) is 24.7 Å². The van der Waals surface area contributed by atoms with E-state index in [1.807, 2.05) is 0 Å². The normalized spacial score (nSPS) is 13.6. The highest BCUT2D eigenvalue weighted by molar-refractivity contribution is 7.98. The summed E-state index contributed by atoms with van der Waals surface area (Å²) in [4.78, 5) is 22.9. The van der Waals surface area contributed by atoms with Crippen LogP contribution in [0.5, 0.6) is 0 Å². The quantitative estimate of drug-likeness (QED) is 0.865. The van der Waals surface area contributed by atoms with Gasteiger partial charge in [0.2, 0.25) is 0 Å². The summed E-state index contributed by atoms with van der Waals surface area (Å²) in [6.07, 6.45) is -7.08. The molecule has 0 saturated carbocycles. The number of thioether (sulfide) groups is 1. The second-order valence-corrected chi connectivity index (χ2v) is 4.98. The lowest BCUT2D eigenvalue weighted by Gasteiger charge is -2.14. The van der Waals surface area contributed by atoms with Crippen molar-refractivity contribution in [2.24, 2.45) is 14.1 Å². The minimum Gasteiger partial charge on any atom is -0.383 e. The smallest absolute Gasteiger partial charge is 0.383 e. The standard InChI is InChI=1S/C10H13F3N2O3S/c1-14-6(3-8(17)15(2)9(14)18)4-19-5-7(16)10(11,12)13/h3,7,16H,4-5H2,1-2H3. The molecular formula is C10H13F3N2O3S. The third kappa shape index (κ3) is 3.87. The molecule has 0 fully saturated rings. The van der Waals surface area contributed by atoms with Gasteiger partial charge in [0.15, 0.2) is 6.10 Å². The fourth-order valence-corrected chi connectivity index (χ4v) is 2.30. The Morgan fingerprint density at radius 1 is 1.32 bits per heavy atom. The number of halogens is 3. The number of alkyl halides is 3. The predicted molar refractivity (Wildman–Crippen MR) is 65.1 cm³/mol. The van der Waals surface area contributed by atoms with Crippen LogP contribution in [0.15, 0.2) is 15.7 Å². The summed E-state index contributed by atoms with van der Waals surface area (Å²) in [5.41, 5.74) is -0.748. The average Bonchev–Trinajstić information content (AvgIpc) is 2.31. The van der Waals surface area contributed by atoms with Crippen LogP contribution < -0.4 is 11.2 Å². The van der Waals surface area contributed by atoms with Crippen LogP contribution in [0.4, 0.5) is 13.2 Å². The van der Waals surface area contributed by atoms with Crippen molar-refractivity contribution in [3.63, 3.8) is 0 Å². The summed E-state index contributed by atoms with van der Waals surface area (Å²) in [6.45, 7) is 0. The average molecular weight is 298 g/mol. The molecule has 0 aliphatic carbocycles. The topological polar surface area (TPSA) is 64.2 Å². The summed E-state index contributed by atoms with van der Waals surface area (Å²) in [7, 11) is 2.74. The van der Waals surface area contributed by atoms with Gasteiger partial charge in [0.25, 0.3) is 5.56 Å². The van der Waals surface area contributed by atoms with Crippen molar-refractivity contribution in [1.29, 1.82) is 0 Å². The Morgan fingerprint density at radius 2 is 1.89 bits per heavy atom. The van der Waals surface area contributed by atoms with E-state index in [0.717, 1.165) is 16.3 Å². The minimum absolute atomic E-state index is 0.0367. The van der Waals surface area contributed by atoms with Crippen molar-refractivity contribution in [2.75, 3.05) is 5.75 Å². The van der Waals surface area contributed by atoms with Crippen LogP contribution >= 0.6 is 11.8 Å². The van der Waals surface area contributed by atoms with Gasteiger partial charge in [-0.2, -0.15) is 24.9 Å². The van der Waals surface area contributed by atoms with Crippen LogP contribution in [0.25, 0.3) is 0 Å². The van der Waals surface area contributed by atoms with Gasteiger partial charge in [0, 0.05) is 37.4 Å². The predicted octanol–water partition coefficient (Wildman–Crippen LogP) is 0.240. The van der Waals surface area contributed by atoms with Gasteiger partial charge in [-0.25, -0.2) is 4.79 Å². The third-order valence-corrected chi connectivity index (χ3v) is 3.58. The zero-order valence-corrected chi connectivity index (χ0v) is 11.1. The summed E-state index contributed by atoms with van der Waals surface area (Å²) < 4.78 is 38.3. The van der Waals surface area contributed by atoms with Crippen LogP contribution in [-0.2, 0) is 19.8 Å². The number of rotatable bonds is 4. The maximum atomic E-state index is 12.1. The molecule has 1 N–H and O–H groups in total. The second-order valence-electron chi connectivity index (χ2n) is 3.95. The first-order chi connectivity index (χ1) is 8.64. The van der Waals surface area contributed by atoms with Crippen molar-refractivity contribution >= 4 is 11.8 Å². The van der Waals surface area contributed by atoms with E-state index >= 15 is 0 Å². The van der Waals surface area contributed by atoms with E-state index in [9.17, 15) is 22.8 Å². The number of aromatic nitrogens is 2. The molecule has 5 nitrogen and oxygen atoms in total. The lowest BCUT2D eigenvalue weighted by molar-refractivity contribution is -0.195. The summed E-state index contributed by atoms with van der Waals surface area (Å²) in [5.74, 6) is -0.512. The second kappa shape index (κ2) is 5.83. The summed E-state index contributed by atoms with van der Waals surface area (Å²) >= 11 is 0.801. The van der Waals surface area contributed by atoms with Crippen molar-refractivity contribution in [2.45, 2.75) is 18.0 Å². The van der Waals surface area contributed by atoms with E-state index in [4.69, 9.17) is 5.11 Å². The Balaban J connectivity index is 2.75. The number of aliphatic hydroxyl groups excluding tert-OH is 1. The van der Waals surface area contributed by atoms with Gasteiger partial charge < -0.3 is 5.11 Å². The van der Waals surface area contributed by atoms with Crippen LogP contribution in [0.3, 0.4) is 0 Å². The van der Waals surface area contributed by atoms with Crippen molar-refractivity contribution < 1.29 is 18.3 Å². The molecule has 0 aromatic carbocycles. The summed E-state index contributed by atoms with van der Waals surface area (Å²) in [6, 6.07) is 1.19. The molecule has 1 aromatic heterocycles. The fourth-order valence-electron chi connectivity index (χ4n) is 1.29. The maximum absolute atomic E-state index is 12.1. The molecule has 0 amide bonds. The van der Waals surface area contributed by atoms with E-state index < -0.39 is 29.3 Å². The van der Waals surface area contributed by atoms with E-state index in [2.05, 4.69) is 0 Å². The first kappa shape index (κ1) is 15.8. The molecular weight excluding hydrogens is 285 g/mol. The Hall–Kier alpha value is -1.22. The lowest BCUT2D eigenvalue weighted by atomic mass is 10.4. The molecule has 0 saturated heterocycles. The molecule has 0 spiro atoms.